The summed E-state index contributed by atoms with van der Waals surface area (Å²) in [6.07, 6.45) is 2.12. The fraction of sp³-hybridized carbons (Fsp3) is 0.667. The Hall–Kier alpha value is -1.65. The molecule has 2 rings (SSSR count). The quantitative estimate of drug-likeness (QED) is 0.792. The fourth-order valence-corrected chi connectivity index (χ4v) is 2.34. The molecule has 0 saturated carbocycles. The fourth-order valence-electron chi connectivity index (χ4n) is 2.34. The summed E-state index contributed by atoms with van der Waals surface area (Å²) in [6.45, 7) is 11.0. The van der Waals surface area contributed by atoms with Crippen molar-refractivity contribution in [3.63, 3.8) is 0 Å². The smallest absolute Gasteiger partial charge is 0.410 e. The van der Waals surface area contributed by atoms with E-state index in [4.69, 9.17) is 4.74 Å². The molecule has 20 heavy (non-hydrogen) atoms. The van der Waals surface area contributed by atoms with E-state index in [0.717, 1.165) is 23.4 Å². The van der Waals surface area contributed by atoms with Gasteiger partial charge in [-0.05, 0) is 26.7 Å². The Bertz CT molecular complexity index is 506. The van der Waals surface area contributed by atoms with E-state index in [1.54, 1.807) is 11.2 Å². The number of carbonyl (C=O) groups excluding carboxylic acids is 1. The van der Waals surface area contributed by atoms with Crippen LogP contribution in [0.5, 0.6) is 0 Å². The van der Waals surface area contributed by atoms with E-state index in [9.17, 15) is 4.79 Å². The molecule has 0 fully saturated rings. The van der Waals surface area contributed by atoms with Crippen molar-refractivity contribution in [3.05, 3.63) is 23.3 Å². The SMILES string of the molecule is CC(C)c1ncnc2c1CN(C(=O)OC(C)(C)C)CC2. The maximum Gasteiger partial charge on any atom is 0.410 e. The molecule has 0 aromatic carbocycles. The normalized spacial score (nSPS) is 15.2. The number of hydrogen-bond donors (Lipinski definition) is 0. The van der Waals surface area contributed by atoms with E-state index < -0.39 is 5.60 Å². The molecule has 1 aromatic heterocycles. The van der Waals surface area contributed by atoms with Crippen molar-refractivity contribution >= 4 is 6.09 Å². The maximum atomic E-state index is 12.2. The van der Waals surface area contributed by atoms with Gasteiger partial charge in [-0.3, -0.25) is 0 Å². The molecule has 5 heteroatoms. The first-order chi connectivity index (χ1) is 9.28. The Kier molecular flexibility index (Phi) is 3.97. The molecule has 2 heterocycles. The highest BCUT2D eigenvalue weighted by molar-refractivity contribution is 5.68. The van der Waals surface area contributed by atoms with Crippen molar-refractivity contribution in [2.45, 2.75) is 59.1 Å². The highest BCUT2D eigenvalue weighted by Crippen LogP contribution is 2.25. The summed E-state index contributed by atoms with van der Waals surface area (Å²) in [5.41, 5.74) is 2.71. The predicted octanol–water partition coefficient (Wildman–Crippen LogP) is 2.89. The van der Waals surface area contributed by atoms with Crippen molar-refractivity contribution in [1.82, 2.24) is 14.9 Å². The predicted molar refractivity (Wildman–Crippen MR) is 76.5 cm³/mol. The van der Waals surface area contributed by atoms with Crippen LogP contribution >= 0.6 is 0 Å². The lowest BCUT2D eigenvalue weighted by atomic mass is 9.98. The first-order valence-electron chi connectivity index (χ1n) is 7.08. The zero-order chi connectivity index (χ0) is 14.9. The monoisotopic (exact) mass is 277 g/mol. The van der Waals surface area contributed by atoms with Gasteiger partial charge in [0.2, 0.25) is 0 Å². The maximum absolute atomic E-state index is 12.2. The van der Waals surface area contributed by atoms with Crippen LogP contribution in [0.1, 0.15) is 57.5 Å². The number of ether oxygens (including phenoxy) is 1. The van der Waals surface area contributed by atoms with Gasteiger partial charge in [0.05, 0.1) is 17.9 Å². The van der Waals surface area contributed by atoms with Crippen LogP contribution in [0, 0.1) is 0 Å². The molecule has 1 amide bonds. The second kappa shape index (κ2) is 5.38. The molecule has 0 unspecified atom stereocenters. The molecule has 0 aliphatic carbocycles. The lowest BCUT2D eigenvalue weighted by Crippen LogP contribution is -2.40. The van der Waals surface area contributed by atoms with E-state index in [0.29, 0.717) is 19.0 Å². The van der Waals surface area contributed by atoms with Crippen molar-refractivity contribution in [2.24, 2.45) is 0 Å². The van der Waals surface area contributed by atoms with Gasteiger partial charge >= 0.3 is 6.09 Å². The first-order valence-corrected chi connectivity index (χ1v) is 7.08. The average molecular weight is 277 g/mol. The summed E-state index contributed by atoms with van der Waals surface area (Å²) in [5, 5.41) is 0. The Labute approximate surface area is 120 Å². The topological polar surface area (TPSA) is 55.3 Å². The molecule has 5 nitrogen and oxygen atoms in total. The highest BCUT2D eigenvalue weighted by Gasteiger charge is 2.28. The van der Waals surface area contributed by atoms with Gasteiger partial charge in [0, 0.05) is 18.5 Å². The van der Waals surface area contributed by atoms with Gasteiger partial charge in [-0.25, -0.2) is 14.8 Å². The van der Waals surface area contributed by atoms with Crippen molar-refractivity contribution < 1.29 is 9.53 Å². The summed E-state index contributed by atoms with van der Waals surface area (Å²) in [7, 11) is 0. The second-order valence-corrected chi connectivity index (χ2v) is 6.49. The number of fused-ring (bicyclic) bond motifs is 1. The van der Waals surface area contributed by atoms with E-state index >= 15 is 0 Å². The molecule has 110 valence electrons. The molecular formula is C15H23N3O2. The molecule has 0 N–H and O–H groups in total. The van der Waals surface area contributed by atoms with Gasteiger partial charge in [0.25, 0.3) is 0 Å². The highest BCUT2D eigenvalue weighted by atomic mass is 16.6. The molecule has 0 saturated heterocycles. The van der Waals surface area contributed by atoms with Crippen LogP contribution in [0.15, 0.2) is 6.33 Å². The number of nitrogens with zero attached hydrogens (tertiary/aromatic N) is 3. The molecule has 1 aliphatic rings. The van der Waals surface area contributed by atoms with E-state index in [1.165, 1.54) is 0 Å². The van der Waals surface area contributed by atoms with Gasteiger partial charge in [-0.1, -0.05) is 13.8 Å². The Morgan fingerprint density at radius 1 is 1.35 bits per heavy atom. The lowest BCUT2D eigenvalue weighted by Gasteiger charge is -2.31. The van der Waals surface area contributed by atoms with Crippen LogP contribution in [0.4, 0.5) is 4.79 Å². The lowest BCUT2D eigenvalue weighted by molar-refractivity contribution is 0.0221. The van der Waals surface area contributed by atoms with Gasteiger partial charge in [0.15, 0.2) is 0 Å². The number of carbonyl (C=O) groups is 1. The summed E-state index contributed by atoms with van der Waals surface area (Å²) in [5.74, 6) is 0.324. The summed E-state index contributed by atoms with van der Waals surface area (Å²) < 4.78 is 5.44. The minimum Gasteiger partial charge on any atom is -0.444 e. The van der Waals surface area contributed by atoms with Crippen molar-refractivity contribution in [1.29, 1.82) is 0 Å². The molecule has 1 aromatic rings. The number of hydrogen-bond acceptors (Lipinski definition) is 4. The van der Waals surface area contributed by atoms with Crippen LogP contribution < -0.4 is 0 Å². The van der Waals surface area contributed by atoms with Gasteiger partial charge in [-0.2, -0.15) is 0 Å². The minimum atomic E-state index is -0.467. The number of amides is 1. The minimum absolute atomic E-state index is 0.262. The molecule has 0 spiro atoms. The third kappa shape index (κ3) is 3.26. The second-order valence-electron chi connectivity index (χ2n) is 6.49. The largest absolute Gasteiger partial charge is 0.444 e. The van der Waals surface area contributed by atoms with Gasteiger partial charge in [-0.15, -0.1) is 0 Å². The zero-order valence-corrected chi connectivity index (χ0v) is 12.9. The first kappa shape index (κ1) is 14.8. The number of aromatic nitrogens is 2. The molecule has 0 radical (unpaired) electrons. The van der Waals surface area contributed by atoms with Crippen LogP contribution in [0.2, 0.25) is 0 Å². The molecule has 1 aliphatic heterocycles. The standard InChI is InChI=1S/C15H23N3O2/c1-10(2)13-11-8-18(14(19)20-15(3,4)5)7-6-12(11)16-9-17-13/h9-10H,6-8H2,1-5H3. The van der Waals surface area contributed by atoms with Gasteiger partial charge < -0.3 is 9.64 Å². The molecule has 0 bridgehead atoms. The van der Waals surface area contributed by atoms with Crippen LogP contribution in [-0.2, 0) is 17.7 Å². The average Bonchev–Trinajstić information content (AvgIpc) is 2.35. The van der Waals surface area contributed by atoms with E-state index in [-0.39, 0.29) is 6.09 Å². The zero-order valence-electron chi connectivity index (χ0n) is 12.9. The molecular weight excluding hydrogens is 254 g/mol. The van der Waals surface area contributed by atoms with Crippen LogP contribution in [-0.4, -0.2) is 33.1 Å². The van der Waals surface area contributed by atoms with Gasteiger partial charge in [0.1, 0.15) is 11.9 Å². The van der Waals surface area contributed by atoms with E-state index in [1.807, 2.05) is 20.8 Å². The summed E-state index contributed by atoms with van der Waals surface area (Å²) in [6, 6.07) is 0. The molecule has 0 atom stereocenters. The van der Waals surface area contributed by atoms with Crippen LogP contribution in [0.3, 0.4) is 0 Å². The van der Waals surface area contributed by atoms with Crippen molar-refractivity contribution in [3.8, 4) is 0 Å². The Morgan fingerprint density at radius 2 is 2.05 bits per heavy atom. The Balaban J connectivity index is 2.20. The number of rotatable bonds is 1. The third-order valence-corrected chi connectivity index (χ3v) is 3.23. The summed E-state index contributed by atoms with van der Waals surface area (Å²) in [4.78, 5) is 22.6. The summed E-state index contributed by atoms with van der Waals surface area (Å²) >= 11 is 0. The Morgan fingerprint density at radius 3 is 2.65 bits per heavy atom. The van der Waals surface area contributed by atoms with Crippen LogP contribution in [0.25, 0.3) is 0 Å². The third-order valence-electron chi connectivity index (χ3n) is 3.23. The van der Waals surface area contributed by atoms with Crippen molar-refractivity contribution in [2.75, 3.05) is 6.54 Å². The van der Waals surface area contributed by atoms with E-state index in [2.05, 4.69) is 23.8 Å².